The van der Waals surface area contributed by atoms with Crippen LogP contribution in [0.1, 0.15) is 40.0 Å². The van der Waals surface area contributed by atoms with Gasteiger partial charge < -0.3 is 24.8 Å². The summed E-state index contributed by atoms with van der Waals surface area (Å²) >= 11 is 6.05. The number of amides is 2. The number of carbonyl (C=O) groups is 3. The first-order chi connectivity index (χ1) is 17.3. The molecule has 2 aliphatic rings. The predicted molar refractivity (Wildman–Crippen MR) is 131 cm³/mol. The van der Waals surface area contributed by atoms with Crippen molar-refractivity contribution >= 4 is 45.1 Å². The SMILES string of the molecule is CCOC(=O)C1=CC2(CCC1)OC(CNC(C)=O)C(CNC(C)=O)(S(=O)(=O)Nc1ccc(F)cc1Cl)O2. The van der Waals surface area contributed by atoms with Crippen molar-refractivity contribution in [3.05, 3.63) is 40.7 Å². The van der Waals surface area contributed by atoms with Gasteiger partial charge in [-0.05, 0) is 44.0 Å². The number of ether oxygens (including phenoxy) is 3. The molecule has 0 aromatic heterocycles. The molecule has 204 valence electrons. The van der Waals surface area contributed by atoms with E-state index in [4.69, 9.17) is 25.8 Å². The van der Waals surface area contributed by atoms with Gasteiger partial charge in [0.2, 0.25) is 16.7 Å². The van der Waals surface area contributed by atoms with Gasteiger partial charge in [-0.15, -0.1) is 0 Å². The molecule has 2 amide bonds. The molecule has 37 heavy (non-hydrogen) atoms. The molecular formula is C23H29ClFN3O8S. The number of esters is 1. The van der Waals surface area contributed by atoms with Crippen molar-refractivity contribution in [3.63, 3.8) is 0 Å². The van der Waals surface area contributed by atoms with Crippen LogP contribution < -0.4 is 15.4 Å². The fourth-order valence-electron chi connectivity index (χ4n) is 4.16. The number of halogens is 2. The first kappa shape index (κ1) is 28.8. The molecule has 1 heterocycles. The molecule has 1 aromatic carbocycles. The Morgan fingerprint density at radius 3 is 2.54 bits per heavy atom. The third-order valence-corrected chi connectivity index (χ3v) is 8.03. The van der Waals surface area contributed by atoms with Crippen LogP contribution in [0.4, 0.5) is 10.1 Å². The second kappa shape index (κ2) is 11.3. The Labute approximate surface area is 219 Å². The fourth-order valence-corrected chi connectivity index (χ4v) is 6.06. The van der Waals surface area contributed by atoms with Crippen LogP contribution in [0.3, 0.4) is 0 Å². The summed E-state index contributed by atoms with van der Waals surface area (Å²) in [7, 11) is -4.64. The largest absolute Gasteiger partial charge is 0.463 e. The highest BCUT2D eigenvalue weighted by atomic mass is 35.5. The van der Waals surface area contributed by atoms with Gasteiger partial charge in [-0.3, -0.25) is 14.3 Å². The second-order valence-electron chi connectivity index (χ2n) is 8.65. The second-order valence-corrected chi connectivity index (χ2v) is 11.0. The number of rotatable bonds is 9. The number of nitrogens with one attached hydrogen (secondary N) is 3. The number of carbonyl (C=O) groups excluding carboxylic acids is 3. The minimum absolute atomic E-state index is 0.138. The average Bonchev–Trinajstić information content (AvgIpc) is 3.12. The van der Waals surface area contributed by atoms with Gasteiger partial charge >= 0.3 is 5.97 Å². The maximum Gasteiger partial charge on any atom is 0.333 e. The third kappa shape index (κ3) is 6.40. The van der Waals surface area contributed by atoms with E-state index in [1.54, 1.807) is 6.92 Å². The van der Waals surface area contributed by atoms with Crippen molar-refractivity contribution in [1.29, 1.82) is 0 Å². The lowest BCUT2D eigenvalue weighted by molar-refractivity contribution is -0.154. The predicted octanol–water partition coefficient (Wildman–Crippen LogP) is 1.97. The molecule has 3 rings (SSSR count). The lowest BCUT2D eigenvalue weighted by Crippen LogP contribution is -2.60. The van der Waals surface area contributed by atoms with E-state index in [1.807, 2.05) is 0 Å². The summed E-state index contributed by atoms with van der Waals surface area (Å²) < 4.78 is 61.1. The summed E-state index contributed by atoms with van der Waals surface area (Å²) in [4.78, 5) is 33.7. The van der Waals surface area contributed by atoms with E-state index < -0.39 is 57.0 Å². The van der Waals surface area contributed by atoms with Gasteiger partial charge in [0, 0.05) is 32.4 Å². The maximum atomic E-state index is 13.9. The monoisotopic (exact) mass is 561 g/mol. The standard InChI is InChI=1S/C23H29ClFN3O8S/c1-4-34-21(31)16-6-5-9-22(11-16)35-20(12-26-14(2)29)23(36-22,13-27-15(3)30)37(32,33)28-19-8-7-17(25)10-18(19)24/h7-8,10-11,20,28H,4-6,9,12-13H2,1-3H3,(H,26,29)(H,27,30). The topological polar surface area (TPSA) is 149 Å². The Hall–Kier alpha value is -2.74. The Morgan fingerprint density at radius 2 is 1.92 bits per heavy atom. The molecule has 1 aliphatic heterocycles. The van der Waals surface area contributed by atoms with Gasteiger partial charge in [0.05, 0.1) is 23.9 Å². The van der Waals surface area contributed by atoms with E-state index in [9.17, 15) is 27.2 Å². The molecule has 0 radical (unpaired) electrons. The summed E-state index contributed by atoms with van der Waals surface area (Å²) in [5.41, 5.74) is 0.105. The first-order valence-corrected chi connectivity index (χ1v) is 13.4. The van der Waals surface area contributed by atoms with Crippen LogP contribution in [0.25, 0.3) is 0 Å². The number of anilines is 1. The molecule has 14 heteroatoms. The van der Waals surface area contributed by atoms with Crippen molar-refractivity contribution in [1.82, 2.24) is 10.6 Å². The van der Waals surface area contributed by atoms with E-state index in [0.29, 0.717) is 12.8 Å². The molecule has 0 saturated carbocycles. The number of benzene rings is 1. The molecule has 11 nitrogen and oxygen atoms in total. The smallest absolute Gasteiger partial charge is 0.333 e. The highest BCUT2D eigenvalue weighted by molar-refractivity contribution is 7.94. The molecule has 0 bridgehead atoms. The van der Waals surface area contributed by atoms with Gasteiger partial charge in [-0.1, -0.05) is 11.6 Å². The van der Waals surface area contributed by atoms with Crippen LogP contribution in [0, 0.1) is 5.82 Å². The van der Waals surface area contributed by atoms with Crippen molar-refractivity contribution < 1.29 is 41.4 Å². The molecule has 3 N–H and O–H groups in total. The Balaban J connectivity index is 2.11. The molecule has 1 saturated heterocycles. The maximum absolute atomic E-state index is 13.9. The molecule has 1 fully saturated rings. The normalized spacial score (nSPS) is 25.3. The van der Waals surface area contributed by atoms with Crippen LogP contribution in [0.15, 0.2) is 29.8 Å². The summed E-state index contributed by atoms with van der Waals surface area (Å²) in [5.74, 6) is -3.96. The summed E-state index contributed by atoms with van der Waals surface area (Å²) in [5, 5.41) is 4.77. The van der Waals surface area contributed by atoms with Gasteiger partial charge in [-0.2, -0.15) is 0 Å². The first-order valence-electron chi connectivity index (χ1n) is 11.6. The van der Waals surface area contributed by atoms with Crippen molar-refractivity contribution in [2.75, 3.05) is 24.4 Å². The molecular weight excluding hydrogens is 533 g/mol. The van der Waals surface area contributed by atoms with Gasteiger partial charge in [0.15, 0.2) is 5.79 Å². The zero-order chi connectivity index (χ0) is 27.4. The zero-order valence-corrected chi connectivity index (χ0v) is 22.1. The van der Waals surface area contributed by atoms with Crippen LogP contribution in [0.2, 0.25) is 5.02 Å². The van der Waals surface area contributed by atoms with E-state index in [2.05, 4.69) is 15.4 Å². The molecule has 1 spiro atoms. The van der Waals surface area contributed by atoms with Gasteiger partial charge in [0.1, 0.15) is 11.9 Å². The van der Waals surface area contributed by atoms with Crippen LogP contribution >= 0.6 is 11.6 Å². The fraction of sp³-hybridized carbons (Fsp3) is 0.522. The minimum Gasteiger partial charge on any atom is -0.463 e. The summed E-state index contributed by atoms with van der Waals surface area (Å²) in [6.45, 7) is 3.34. The Morgan fingerprint density at radius 1 is 1.22 bits per heavy atom. The molecule has 1 aliphatic carbocycles. The Kier molecular flexibility index (Phi) is 8.83. The summed E-state index contributed by atoms with van der Waals surface area (Å²) in [6.07, 6.45) is 0.980. The van der Waals surface area contributed by atoms with Crippen molar-refractivity contribution in [3.8, 4) is 0 Å². The van der Waals surface area contributed by atoms with Crippen LogP contribution in [-0.4, -0.2) is 62.7 Å². The third-order valence-electron chi connectivity index (χ3n) is 5.83. The molecule has 3 unspecified atom stereocenters. The van der Waals surface area contributed by atoms with Gasteiger partial charge in [0.25, 0.3) is 10.0 Å². The molecule has 1 aromatic rings. The number of hydrogen-bond donors (Lipinski definition) is 3. The van der Waals surface area contributed by atoms with Crippen LogP contribution in [0.5, 0.6) is 0 Å². The number of sulfonamides is 1. The van der Waals surface area contributed by atoms with Gasteiger partial charge in [-0.25, -0.2) is 17.6 Å². The highest BCUT2D eigenvalue weighted by Gasteiger charge is 2.64. The zero-order valence-electron chi connectivity index (χ0n) is 20.6. The number of hydrogen-bond acceptors (Lipinski definition) is 8. The van der Waals surface area contributed by atoms with Crippen molar-refractivity contribution in [2.45, 2.75) is 56.9 Å². The van der Waals surface area contributed by atoms with E-state index in [0.717, 1.165) is 18.2 Å². The lowest BCUT2D eigenvalue weighted by atomic mass is 9.94. The Bertz CT molecular complexity index is 1210. The summed E-state index contributed by atoms with van der Waals surface area (Å²) in [6, 6.07) is 3.08. The quantitative estimate of drug-likeness (QED) is 0.387. The van der Waals surface area contributed by atoms with E-state index >= 15 is 0 Å². The van der Waals surface area contributed by atoms with E-state index in [-0.39, 0.29) is 35.9 Å². The molecule has 3 atom stereocenters. The average molecular weight is 562 g/mol. The van der Waals surface area contributed by atoms with Crippen LogP contribution in [-0.2, 0) is 38.6 Å². The minimum atomic E-state index is -4.64. The highest BCUT2D eigenvalue weighted by Crippen LogP contribution is 2.47. The van der Waals surface area contributed by atoms with Crippen molar-refractivity contribution in [2.24, 2.45) is 0 Å². The van der Waals surface area contributed by atoms with E-state index in [1.165, 1.54) is 19.9 Å². The lowest BCUT2D eigenvalue weighted by Gasteiger charge is -2.34.